The molecular weight excluding hydrogens is 1750 g/mol. The maximum Gasteiger partial charge on any atom is 0.339 e. The lowest BCUT2D eigenvalue weighted by molar-refractivity contribution is -0.0522. The molecule has 11 aliphatic rings. The first-order valence-electron chi connectivity index (χ1n) is 52.3. The van der Waals surface area contributed by atoms with Crippen molar-refractivity contribution in [2.24, 2.45) is 52.3 Å². The molecular formula is C118H150N8O14. The van der Waals surface area contributed by atoms with Gasteiger partial charge in [-0.05, 0) is 340 Å². The van der Waals surface area contributed by atoms with Gasteiger partial charge in [-0.15, -0.1) is 0 Å². The first-order valence-corrected chi connectivity index (χ1v) is 52.3. The Balaban J connectivity index is 0.000000140. The Kier molecular flexibility index (Phi) is 38.4. The molecule has 746 valence electrons. The summed E-state index contributed by atoms with van der Waals surface area (Å²) in [6.07, 6.45) is 40.8. The van der Waals surface area contributed by atoms with Gasteiger partial charge in [-0.25, -0.2) is 33.6 Å². The Bertz CT molecular complexity index is 5460. The van der Waals surface area contributed by atoms with Crippen LogP contribution in [0, 0.1) is 52.3 Å². The molecule has 0 saturated heterocycles. The summed E-state index contributed by atoms with van der Waals surface area (Å²) in [4.78, 5) is 88.7. The number of nitrogens with two attached hydrogens (primary N) is 1. The van der Waals surface area contributed by atoms with E-state index in [1.54, 1.807) is 63.4 Å². The number of pyridine rings is 1. The lowest BCUT2D eigenvalue weighted by Crippen LogP contribution is -2.47. The maximum atomic E-state index is 12.3. The van der Waals surface area contributed by atoms with E-state index in [-0.39, 0.29) is 41.8 Å². The van der Waals surface area contributed by atoms with Crippen molar-refractivity contribution in [3.63, 3.8) is 0 Å². The van der Waals surface area contributed by atoms with Crippen LogP contribution >= 0.6 is 0 Å². The standard InChI is InChI=1S/C27H33NO2.C25H32N2O4.C24H30N2O4.C22H28N2O2.C20H27NO2/c1-2-30-26(29)23-8-9-24(25(13-23)28-18-19-6-4-3-5-7-19)17-27-14-20-10-21(15-27)12-22(11-20)16-27;1-3-30-24(28)19-12-10-18(11-13-19)17-26-23-16-20(25(29)31-4-2)14-15-22(23)27-21-8-6-5-7-9-21;1-3-30-24(28)19-13-14-21(26-20-7-5-4-6-8-20)22(15-19)25-16-17-9-11-18(12-10-17)23(27)29-2;1-2-26-22(25)19-14-21(23-15-18-11-7-4-8-12-18)20(24-16-19)13-17-9-5-3-6-10-17;1-2-23-19(22)16-3-4-17(18(21)8-16)12-20-9-13-5-14(10-20)7-15(6-13)11-20/h3-9,13,20-22,28H,2,10-12,14-18H2,1H3;10-16,21,26-27H,3-9,17H2,1-2H3;9-15,20,25-26H,3-8,16H2,1-2H3;4,7-8,11-12,14,16-17,23H,2-3,5-6,9-10,13,15H2,1H3;3-4,8,13-15H,2,5-7,9-12,21H2,1H3. The summed E-state index contributed by atoms with van der Waals surface area (Å²) in [6.45, 7) is 15.7. The van der Waals surface area contributed by atoms with Crippen LogP contribution in [0.4, 0.5) is 39.8 Å². The van der Waals surface area contributed by atoms with Crippen LogP contribution in [0.2, 0.25) is 0 Å². The molecule has 0 unspecified atom stereocenters. The summed E-state index contributed by atoms with van der Waals surface area (Å²) >= 11 is 0. The summed E-state index contributed by atoms with van der Waals surface area (Å²) in [5.41, 5.74) is 25.7. The molecule has 11 aliphatic carbocycles. The van der Waals surface area contributed by atoms with Gasteiger partial charge in [0.2, 0.25) is 0 Å². The zero-order valence-corrected chi connectivity index (χ0v) is 83.7. The number of hydrogen-bond donors (Lipinski definition) is 7. The highest BCUT2D eigenvalue weighted by molar-refractivity contribution is 5.95. The summed E-state index contributed by atoms with van der Waals surface area (Å²) in [7, 11) is 1.37. The number of nitrogen functional groups attached to an aromatic ring is 1. The normalized spacial score (nSPS) is 20.8. The van der Waals surface area contributed by atoms with E-state index in [1.165, 1.54) is 177 Å². The van der Waals surface area contributed by atoms with E-state index in [0.717, 1.165) is 144 Å². The number of rotatable bonds is 35. The van der Waals surface area contributed by atoms with Crippen LogP contribution in [0.15, 0.2) is 194 Å². The number of ether oxygens (including phenoxy) is 7. The molecule has 0 radical (unpaired) electrons. The monoisotopic (exact) mass is 1900 g/mol. The van der Waals surface area contributed by atoms with Crippen LogP contribution in [0.3, 0.4) is 0 Å². The van der Waals surface area contributed by atoms with Crippen LogP contribution in [-0.2, 0) is 78.6 Å². The highest BCUT2D eigenvalue weighted by Crippen LogP contribution is 2.63. The first kappa shape index (κ1) is 104. The third-order valence-corrected chi connectivity index (χ3v) is 29.9. The van der Waals surface area contributed by atoms with Crippen LogP contribution in [0.25, 0.3) is 0 Å². The Hall–Kier alpha value is -12.2. The number of aromatic nitrogens is 1. The lowest BCUT2D eigenvalue weighted by Gasteiger charge is -2.57. The zero-order valence-electron chi connectivity index (χ0n) is 83.7. The minimum atomic E-state index is -0.351. The van der Waals surface area contributed by atoms with E-state index in [1.807, 2.05) is 124 Å². The predicted octanol–water partition coefficient (Wildman–Crippen LogP) is 25.8. The Labute approximate surface area is 829 Å². The lowest BCUT2D eigenvalue weighted by atomic mass is 9.48. The smallest absolute Gasteiger partial charge is 0.339 e. The second-order valence-electron chi connectivity index (χ2n) is 40.5. The molecule has 8 aromatic carbocycles. The molecule has 8 bridgehead atoms. The van der Waals surface area contributed by atoms with Gasteiger partial charge in [0.15, 0.2) is 0 Å². The minimum Gasteiger partial charge on any atom is -0.465 e. The molecule has 0 aliphatic heterocycles. The van der Waals surface area contributed by atoms with Gasteiger partial charge in [0.1, 0.15) is 0 Å². The number of anilines is 7. The van der Waals surface area contributed by atoms with Gasteiger partial charge in [0.25, 0.3) is 0 Å². The van der Waals surface area contributed by atoms with Crippen molar-refractivity contribution in [1.29, 1.82) is 0 Å². The van der Waals surface area contributed by atoms with Crippen LogP contribution in [-0.4, -0.2) is 106 Å². The molecule has 8 N–H and O–H groups in total. The van der Waals surface area contributed by atoms with Crippen LogP contribution in [0.5, 0.6) is 0 Å². The molecule has 0 amide bonds. The van der Waals surface area contributed by atoms with Crippen molar-refractivity contribution in [2.45, 2.75) is 272 Å². The van der Waals surface area contributed by atoms with E-state index in [2.05, 4.69) is 85.4 Å². The maximum absolute atomic E-state index is 12.3. The van der Waals surface area contributed by atoms with Gasteiger partial charge in [0, 0.05) is 55.8 Å². The van der Waals surface area contributed by atoms with E-state index < -0.39 is 0 Å². The van der Waals surface area contributed by atoms with Gasteiger partial charge in [-0.1, -0.05) is 168 Å². The quantitative estimate of drug-likeness (QED) is 0.0110. The number of carbonyl (C=O) groups is 7. The second-order valence-corrected chi connectivity index (χ2v) is 40.5. The van der Waals surface area contributed by atoms with E-state index in [9.17, 15) is 33.6 Å². The number of benzene rings is 8. The highest BCUT2D eigenvalue weighted by Gasteiger charge is 2.52. The molecule has 1 aromatic heterocycles. The van der Waals surface area contributed by atoms with E-state index in [4.69, 9.17) is 38.9 Å². The van der Waals surface area contributed by atoms with Crippen LogP contribution < -0.4 is 37.6 Å². The number of hydrogen-bond acceptors (Lipinski definition) is 22. The van der Waals surface area contributed by atoms with Gasteiger partial charge in [-0.3, -0.25) is 4.98 Å². The fourth-order valence-corrected chi connectivity index (χ4v) is 24.0. The number of nitrogens with zero attached hydrogens (tertiary/aromatic N) is 1. The number of esters is 7. The van der Waals surface area contributed by atoms with Crippen molar-refractivity contribution in [2.75, 3.05) is 84.4 Å². The van der Waals surface area contributed by atoms with Gasteiger partial charge in [-0.2, -0.15) is 0 Å². The van der Waals surface area contributed by atoms with Gasteiger partial charge in [0.05, 0.1) is 120 Å². The first-order chi connectivity index (χ1) is 68.1. The molecule has 22 heteroatoms. The Morgan fingerprint density at radius 1 is 0.321 bits per heavy atom. The Morgan fingerprint density at radius 2 is 0.629 bits per heavy atom. The number of methoxy groups -OCH3 is 1. The van der Waals surface area contributed by atoms with Gasteiger partial charge < -0.3 is 70.8 Å². The number of carbonyl (C=O) groups excluding carboxylic acids is 7. The second kappa shape index (κ2) is 51.8. The molecule has 20 rings (SSSR count). The average Bonchev–Trinajstić information content (AvgIpc) is 0.745. The van der Waals surface area contributed by atoms with Crippen LogP contribution in [0.1, 0.15) is 326 Å². The molecule has 22 nitrogen and oxygen atoms in total. The average molecular weight is 1900 g/mol. The number of nitrogens with one attached hydrogen (secondary N) is 6. The van der Waals surface area contributed by atoms with Crippen molar-refractivity contribution >= 4 is 81.6 Å². The molecule has 1 heterocycles. The third-order valence-electron chi connectivity index (χ3n) is 29.9. The summed E-state index contributed by atoms with van der Waals surface area (Å²) in [5, 5.41) is 21.3. The molecule has 11 saturated carbocycles. The topological polar surface area (TPSA) is 295 Å². The van der Waals surface area contributed by atoms with Crippen molar-refractivity contribution in [3.8, 4) is 0 Å². The SMILES string of the molecule is CCOC(=O)c1ccc(CC23CC4CC(CC(C4)C2)C3)c(N)c1.CCOC(=O)c1ccc(CC23CC4CC(CC(C4)C2)C3)c(NCc2ccccc2)c1.CCOC(=O)c1ccc(CNc2cc(C(=O)OCC)ccc2NC2CCCCC2)cc1.CCOC(=O)c1ccc(NC2CCCCC2)c(NCc2ccc(C(=O)OC)cc2)c1.CCOC(=O)c1cnc(CC2CCCCC2)c(NCc2ccccc2)c1. The van der Waals surface area contributed by atoms with E-state index >= 15 is 0 Å². The zero-order chi connectivity index (χ0) is 98.2. The minimum absolute atomic E-state index is 0.235. The largest absolute Gasteiger partial charge is 0.465 e. The summed E-state index contributed by atoms with van der Waals surface area (Å²) in [6, 6.07) is 61.2. The highest BCUT2D eigenvalue weighted by atomic mass is 16.6. The molecule has 9 aromatic rings. The predicted molar refractivity (Wildman–Crippen MR) is 556 cm³/mol. The van der Waals surface area contributed by atoms with Crippen molar-refractivity contribution in [3.05, 3.63) is 272 Å². The van der Waals surface area contributed by atoms with Crippen molar-refractivity contribution in [1.82, 2.24) is 4.98 Å². The summed E-state index contributed by atoms with van der Waals surface area (Å²) < 4.78 is 35.5. The fraction of sp³-hybridized carbons (Fsp3) is 0.492. The van der Waals surface area contributed by atoms with Crippen molar-refractivity contribution < 1.29 is 66.7 Å². The molecule has 11 fully saturated rings. The Morgan fingerprint density at radius 3 is 1.01 bits per heavy atom. The molecule has 0 atom stereocenters. The summed E-state index contributed by atoms with van der Waals surface area (Å²) in [5.74, 6) is 4.29. The fourth-order valence-electron chi connectivity index (χ4n) is 24.0. The molecule has 140 heavy (non-hydrogen) atoms. The van der Waals surface area contributed by atoms with E-state index in [0.29, 0.717) is 127 Å². The third kappa shape index (κ3) is 29.7. The molecule has 0 spiro atoms. The van der Waals surface area contributed by atoms with Gasteiger partial charge >= 0.3 is 41.8 Å².